The Balaban J connectivity index is 1.88. The third-order valence-electron chi connectivity index (χ3n) is 5.19. The number of aliphatic hydroxyl groups is 1. The summed E-state index contributed by atoms with van der Waals surface area (Å²) in [5.41, 5.74) is 6.18. The average Bonchev–Trinajstić information content (AvgIpc) is 3.08. The van der Waals surface area contributed by atoms with E-state index in [1.54, 1.807) is 0 Å². The SMILES string of the molecule is OCc1cc2c3ccccc3n(Cc3ccccc3)c2c(-c2ccccc2)n1. The molecule has 3 nitrogen and oxygen atoms in total. The predicted octanol–water partition coefficient (Wildman–Crippen LogP) is 5.40. The summed E-state index contributed by atoms with van der Waals surface area (Å²) in [5, 5.41) is 12.1. The lowest BCUT2D eigenvalue weighted by molar-refractivity contribution is 0.277. The van der Waals surface area contributed by atoms with Crippen LogP contribution in [-0.4, -0.2) is 14.7 Å². The van der Waals surface area contributed by atoms with E-state index in [1.165, 1.54) is 16.5 Å². The van der Waals surface area contributed by atoms with Crippen molar-refractivity contribution in [3.8, 4) is 11.3 Å². The van der Waals surface area contributed by atoms with Crippen molar-refractivity contribution in [2.45, 2.75) is 13.2 Å². The summed E-state index contributed by atoms with van der Waals surface area (Å²) >= 11 is 0. The fourth-order valence-corrected chi connectivity index (χ4v) is 3.94. The summed E-state index contributed by atoms with van der Waals surface area (Å²) in [4.78, 5) is 4.82. The summed E-state index contributed by atoms with van der Waals surface area (Å²) in [7, 11) is 0. The van der Waals surface area contributed by atoms with E-state index in [9.17, 15) is 5.11 Å². The summed E-state index contributed by atoms with van der Waals surface area (Å²) < 4.78 is 2.34. The zero-order chi connectivity index (χ0) is 18.9. The van der Waals surface area contributed by atoms with E-state index >= 15 is 0 Å². The molecule has 2 heterocycles. The van der Waals surface area contributed by atoms with Gasteiger partial charge in [-0.25, -0.2) is 4.98 Å². The second-order valence-electron chi connectivity index (χ2n) is 6.97. The number of nitrogens with zero attached hydrogens (tertiary/aromatic N) is 2. The number of aromatic nitrogens is 2. The molecule has 136 valence electrons. The van der Waals surface area contributed by atoms with Crippen molar-refractivity contribution >= 4 is 21.8 Å². The first-order valence-corrected chi connectivity index (χ1v) is 9.46. The molecule has 3 aromatic carbocycles. The number of hydrogen-bond acceptors (Lipinski definition) is 2. The van der Waals surface area contributed by atoms with Crippen LogP contribution in [0, 0.1) is 0 Å². The van der Waals surface area contributed by atoms with Gasteiger partial charge in [-0.3, -0.25) is 0 Å². The van der Waals surface area contributed by atoms with Gasteiger partial charge in [-0.2, -0.15) is 0 Å². The summed E-state index contributed by atoms with van der Waals surface area (Å²) in [6.07, 6.45) is 0. The molecule has 2 aromatic heterocycles. The van der Waals surface area contributed by atoms with Crippen LogP contribution in [0.2, 0.25) is 0 Å². The van der Waals surface area contributed by atoms with Crippen LogP contribution in [0.3, 0.4) is 0 Å². The fraction of sp³-hybridized carbons (Fsp3) is 0.0800. The summed E-state index contributed by atoms with van der Waals surface area (Å²) in [6, 6.07) is 31.2. The van der Waals surface area contributed by atoms with Gasteiger partial charge in [-0.15, -0.1) is 0 Å². The second-order valence-corrected chi connectivity index (χ2v) is 6.97. The summed E-state index contributed by atoms with van der Waals surface area (Å²) in [6.45, 7) is 0.693. The molecule has 28 heavy (non-hydrogen) atoms. The molecule has 3 heteroatoms. The van der Waals surface area contributed by atoms with E-state index in [4.69, 9.17) is 4.98 Å². The Labute approximate surface area is 163 Å². The highest BCUT2D eigenvalue weighted by Crippen LogP contribution is 2.36. The molecule has 0 saturated heterocycles. The molecular weight excluding hydrogens is 344 g/mol. The van der Waals surface area contributed by atoms with E-state index in [1.807, 2.05) is 30.3 Å². The van der Waals surface area contributed by atoms with Crippen molar-refractivity contribution in [1.29, 1.82) is 0 Å². The third-order valence-corrected chi connectivity index (χ3v) is 5.19. The van der Waals surface area contributed by atoms with Gasteiger partial charge in [0, 0.05) is 28.4 Å². The highest BCUT2D eigenvalue weighted by Gasteiger charge is 2.17. The first kappa shape index (κ1) is 16.7. The maximum Gasteiger partial charge on any atom is 0.0949 e. The van der Waals surface area contributed by atoms with Crippen LogP contribution in [0.4, 0.5) is 0 Å². The highest BCUT2D eigenvalue weighted by atomic mass is 16.3. The topological polar surface area (TPSA) is 38.0 Å². The van der Waals surface area contributed by atoms with E-state index in [2.05, 4.69) is 65.2 Å². The Hall–Kier alpha value is -3.43. The summed E-state index contributed by atoms with van der Waals surface area (Å²) in [5.74, 6) is 0. The minimum atomic E-state index is -0.0754. The molecule has 5 rings (SSSR count). The number of rotatable bonds is 4. The molecule has 0 aliphatic carbocycles. The molecule has 0 bridgehead atoms. The predicted molar refractivity (Wildman–Crippen MR) is 114 cm³/mol. The first-order valence-electron chi connectivity index (χ1n) is 9.46. The quantitative estimate of drug-likeness (QED) is 0.464. The van der Waals surface area contributed by atoms with Gasteiger partial charge in [-0.1, -0.05) is 78.9 Å². The number of aliphatic hydroxyl groups excluding tert-OH is 1. The molecule has 0 spiro atoms. The number of pyridine rings is 1. The van der Waals surface area contributed by atoms with Gasteiger partial charge < -0.3 is 9.67 Å². The van der Waals surface area contributed by atoms with Crippen molar-refractivity contribution in [1.82, 2.24) is 9.55 Å². The van der Waals surface area contributed by atoms with Crippen molar-refractivity contribution in [3.05, 3.63) is 102 Å². The Bertz CT molecular complexity index is 1260. The maximum absolute atomic E-state index is 9.81. The van der Waals surface area contributed by atoms with Crippen LogP contribution in [0.5, 0.6) is 0 Å². The van der Waals surface area contributed by atoms with E-state index in [0.717, 1.165) is 28.7 Å². The Morgan fingerprint density at radius 2 is 1.43 bits per heavy atom. The van der Waals surface area contributed by atoms with Crippen molar-refractivity contribution in [2.24, 2.45) is 0 Å². The minimum Gasteiger partial charge on any atom is -0.390 e. The molecule has 1 N–H and O–H groups in total. The van der Waals surface area contributed by atoms with Gasteiger partial charge in [0.2, 0.25) is 0 Å². The number of fused-ring (bicyclic) bond motifs is 3. The standard InChI is InChI=1S/C25H20N2O/c28-17-20-15-22-21-13-7-8-14-23(21)27(16-18-9-3-1-4-10-18)25(22)24(26-20)19-11-5-2-6-12-19/h1-15,28H,16-17H2. The molecule has 5 aromatic rings. The smallest absolute Gasteiger partial charge is 0.0949 e. The lowest BCUT2D eigenvalue weighted by Crippen LogP contribution is -2.02. The van der Waals surface area contributed by atoms with Crippen LogP contribution in [0.1, 0.15) is 11.3 Å². The van der Waals surface area contributed by atoms with Gasteiger partial charge in [0.15, 0.2) is 0 Å². The molecule has 0 radical (unpaired) electrons. The fourth-order valence-electron chi connectivity index (χ4n) is 3.94. The van der Waals surface area contributed by atoms with Gasteiger partial charge in [-0.05, 0) is 17.7 Å². The molecule has 0 atom stereocenters. The Kier molecular flexibility index (Phi) is 4.15. The normalized spacial score (nSPS) is 11.3. The number of para-hydroxylation sites is 1. The maximum atomic E-state index is 9.81. The molecule has 0 saturated carbocycles. The first-order chi connectivity index (χ1) is 13.8. The third kappa shape index (κ3) is 2.77. The second kappa shape index (κ2) is 6.95. The van der Waals surface area contributed by atoms with E-state index < -0.39 is 0 Å². The van der Waals surface area contributed by atoms with Crippen molar-refractivity contribution in [3.63, 3.8) is 0 Å². The van der Waals surface area contributed by atoms with Crippen LogP contribution in [-0.2, 0) is 13.2 Å². The molecule has 0 aliphatic heterocycles. The van der Waals surface area contributed by atoms with Crippen LogP contribution < -0.4 is 0 Å². The zero-order valence-corrected chi connectivity index (χ0v) is 15.4. The number of benzene rings is 3. The Morgan fingerprint density at radius 1 is 0.750 bits per heavy atom. The van der Waals surface area contributed by atoms with Crippen LogP contribution in [0.15, 0.2) is 91.0 Å². The van der Waals surface area contributed by atoms with Gasteiger partial charge in [0.25, 0.3) is 0 Å². The molecule has 0 fully saturated rings. The largest absolute Gasteiger partial charge is 0.390 e. The van der Waals surface area contributed by atoms with Gasteiger partial charge in [0.05, 0.1) is 23.5 Å². The van der Waals surface area contributed by atoms with Crippen molar-refractivity contribution < 1.29 is 5.11 Å². The van der Waals surface area contributed by atoms with Gasteiger partial charge in [0.1, 0.15) is 0 Å². The Morgan fingerprint density at radius 3 is 2.18 bits per heavy atom. The number of hydrogen-bond donors (Lipinski definition) is 1. The lowest BCUT2D eigenvalue weighted by atomic mass is 10.1. The van der Waals surface area contributed by atoms with E-state index in [-0.39, 0.29) is 6.61 Å². The molecule has 0 amide bonds. The minimum absolute atomic E-state index is 0.0754. The van der Waals surface area contributed by atoms with E-state index in [0.29, 0.717) is 5.69 Å². The monoisotopic (exact) mass is 364 g/mol. The molecule has 0 unspecified atom stereocenters. The van der Waals surface area contributed by atoms with Gasteiger partial charge >= 0.3 is 0 Å². The lowest BCUT2D eigenvalue weighted by Gasteiger charge is -2.12. The van der Waals surface area contributed by atoms with Crippen molar-refractivity contribution in [2.75, 3.05) is 0 Å². The van der Waals surface area contributed by atoms with Crippen LogP contribution >= 0.6 is 0 Å². The van der Waals surface area contributed by atoms with Crippen LogP contribution in [0.25, 0.3) is 33.1 Å². The zero-order valence-electron chi connectivity index (χ0n) is 15.4. The highest BCUT2D eigenvalue weighted by molar-refractivity contribution is 6.12. The average molecular weight is 364 g/mol. The molecular formula is C25H20N2O. The molecule has 0 aliphatic rings.